The minimum atomic E-state index is -1.87. The molecule has 27 heavy (non-hydrogen) atoms. The van der Waals surface area contributed by atoms with E-state index in [0.717, 1.165) is 13.2 Å². The summed E-state index contributed by atoms with van der Waals surface area (Å²) in [4.78, 5) is 0. The van der Waals surface area contributed by atoms with Gasteiger partial charge in [-0.2, -0.15) is 0 Å². The maximum atomic E-state index is 6.06. The molecule has 0 rings (SSSR count). The van der Waals surface area contributed by atoms with Crippen molar-refractivity contribution < 1.29 is 8.85 Å². The molecule has 164 valence electrons. The van der Waals surface area contributed by atoms with Crippen molar-refractivity contribution in [3.8, 4) is 0 Å². The Labute approximate surface area is 173 Å². The predicted molar refractivity (Wildman–Crippen MR) is 124 cm³/mol. The van der Waals surface area contributed by atoms with E-state index in [1.165, 1.54) is 116 Å². The van der Waals surface area contributed by atoms with Gasteiger partial charge in [-0.3, -0.25) is 0 Å². The lowest BCUT2D eigenvalue weighted by molar-refractivity contribution is 0.173. The third-order valence-corrected chi connectivity index (χ3v) is 7.19. The van der Waals surface area contributed by atoms with Crippen LogP contribution < -0.4 is 0 Å². The fourth-order valence-electron chi connectivity index (χ4n) is 3.50. The number of rotatable bonds is 22. The van der Waals surface area contributed by atoms with E-state index in [2.05, 4.69) is 26.9 Å². The van der Waals surface area contributed by atoms with Crippen molar-refractivity contribution in [2.75, 3.05) is 13.2 Å². The molecule has 0 aliphatic rings. The molecule has 0 bridgehead atoms. The van der Waals surface area contributed by atoms with Gasteiger partial charge in [-0.25, -0.2) is 0 Å². The predicted octanol–water partition coefficient (Wildman–Crippen LogP) is 8.78. The molecule has 0 aliphatic heterocycles. The van der Waals surface area contributed by atoms with Crippen molar-refractivity contribution in [1.82, 2.24) is 0 Å². The Bertz CT molecular complexity index is 282. The molecule has 0 heterocycles. The maximum absolute atomic E-state index is 6.06. The molecule has 0 unspecified atom stereocenters. The summed E-state index contributed by atoms with van der Waals surface area (Å²) in [5.74, 6) is 0. The Balaban J connectivity index is 3.23. The van der Waals surface area contributed by atoms with Crippen molar-refractivity contribution in [2.24, 2.45) is 0 Å². The van der Waals surface area contributed by atoms with Gasteiger partial charge < -0.3 is 8.85 Å². The first kappa shape index (κ1) is 27.1. The van der Waals surface area contributed by atoms with Gasteiger partial charge in [0, 0.05) is 13.2 Å². The van der Waals surface area contributed by atoms with Crippen molar-refractivity contribution in [3.05, 3.63) is 0 Å². The van der Waals surface area contributed by atoms with Crippen LogP contribution in [0, 0.1) is 0 Å². The van der Waals surface area contributed by atoms with Crippen molar-refractivity contribution in [2.45, 2.75) is 143 Å². The lowest BCUT2D eigenvalue weighted by Crippen LogP contribution is -2.35. The van der Waals surface area contributed by atoms with Gasteiger partial charge >= 0.3 is 8.56 Å². The first-order valence-electron chi connectivity index (χ1n) is 12.4. The Morgan fingerprint density at radius 1 is 0.407 bits per heavy atom. The normalized spacial score (nSPS) is 12.0. The lowest BCUT2D eigenvalue weighted by Gasteiger charge is -2.22. The van der Waals surface area contributed by atoms with Crippen LogP contribution in [0.2, 0.25) is 13.1 Å². The zero-order valence-corrected chi connectivity index (χ0v) is 20.5. The summed E-state index contributed by atoms with van der Waals surface area (Å²) in [6.07, 6.45) is 24.8. The summed E-state index contributed by atoms with van der Waals surface area (Å²) < 4.78 is 12.1. The molecule has 0 fully saturated rings. The van der Waals surface area contributed by atoms with Gasteiger partial charge in [0.15, 0.2) is 0 Å². The van der Waals surface area contributed by atoms with E-state index in [1.807, 2.05) is 0 Å². The molecule has 0 aromatic heterocycles. The molecule has 0 aromatic carbocycles. The number of hydrogen-bond donors (Lipinski definition) is 0. The van der Waals surface area contributed by atoms with E-state index in [0.29, 0.717) is 0 Å². The first-order valence-corrected chi connectivity index (χ1v) is 15.2. The van der Waals surface area contributed by atoms with E-state index < -0.39 is 8.56 Å². The molecule has 0 aromatic rings. The van der Waals surface area contributed by atoms with Gasteiger partial charge in [0.2, 0.25) is 0 Å². The van der Waals surface area contributed by atoms with Crippen LogP contribution in [0.15, 0.2) is 0 Å². The molecule has 3 heteroatoms. The Morgan fingerprint density at radius 2 is 0.667 bits per heavy atom. The standard InChI is InChI=1S/C24H52O2Si/c1-5-7-9-11-12-13-14-15-16-17-18-19-20-22-24-26-27(3,4)25-23-21-10-8-6-2/h5-24H2,1-4H3. The summed E-state index contributed by atoms with van der Waals surface area (Å²) in [6, 6.07) is 0. The van der Waals surface area contributed by atoms with Crippen LogP contribution >= 0.6 is 0 Å². The van der Waals surface area contributed by atoms with Gasteiger partial charge in [-0.15, -0.1) is 0 Å². The van der Waals surface area contributed by atoms with Crippen LogP contribution in [0.1, 0.15) is 129 Å². The summed E-state index contributed by atoms with van der Waals surface area (Å²) >= 11 is 0. The van der Waals surface area contributed by atoms with Gasteiger partial charge in [0.25, 0.3) is 0 Å². The molecule has 0 radical (unpaired) electrons. The van der Waals surface area contributed by atoms with Crippen molar-refractivity contribution in [1.29, 1.82) is 0 Å². The van der Waals surface area contributed by atoms with Gasteiger partial charge in [0.05, 0.1) is 0 Å². The zero-order valence-electron chi connectivity index (χ0n) is 19.5. The second-order valence-corrected chi connectivity index (χ2v) is 12.1. The van der Waals surface area contributed by atoms with Crippen molar-refractivity contribution in [3.63, 3.8) is 0 Å². The molecule has 0 saturated carbocycles. The minimum Gasteiger partial charge on any atom is -0.395 e. The summed E-state index contributed by atoms with van der Waals surface area (Å²) in [5, 5.41) is 0. The second kappa shape index (κ2) is 20.9. The molecule has 2 nitrogen and oxygen atoms in total. The van der Waals surface area contributed by atoms with Gasteiger partial charge in [0.1, 0.15) is 0 Å². The fraction of sp³-hybridized carbons (Fsp3) is 1.00. The Morgan fingerprint density at radius 3 is 1.00 bits per heavy atom. The molecule has 0 saturated heterocycles. The van der Waals surface area contributed by atoms with Crippen molar-refractivity contribution >= 4 is 8.56 Å². The van der Waals surface area contributed by atoms with E-state index in [-0.39, 0.29) is 0 Å². The molecule has 0 amide bonds. The summed E-state index contributed by atoms with van der Waals surface area (Å²) in [7, 11) is -1.87. The fourth-order valence-corrected chi connectivity index (χ4v) is 4.86. The molecular formula is C24H52O2Si. The van der Waals surface area contributed by atoms with Crippen LogP contribution in [0.25, 0.3) is 0 Å². The third kappa shape index (κ3) is 22.3. The molecule has 0 atom stereocenters. The van der Waals surface area contributed by atoms with E-state index in [1.54, 1.807) is 0 Å². The topological polar surface area (TPSA) is 18.5 Å². The molecule has 0 aliphatic carbocycles. The first-order chi connectivity index (χ1) is 13.1. The highest BCUT2D eigenvalue weighted by Gasteiger charge is 2.23. The second-order valence-electron chi connectivity index (χ2n) is 8.75. The van der Waals surface area contributed by atoms with Crippen LogP contribution in [0.5, 0.6) is 0 Å². The molecule has 0 spiro atoms. The molecular weight excluding hydrogens is 348 g/mol. The van der Waals surface area contributed by atoms with Crippen LogP contribution in [-0.2, 0) is 8.85 Å². The SMILES string of the molecule is CCCCCCCCCCCCCCCCO[Si](C)(C)OCCCCCC. The largest absolute Gasteiger partial charge is 0.395 e. The average molecular weight is 401 g/mol. The summed E-state index contributed by atoms with van der Waals surface area (Å²) in [6.45, 7) is 10.7. The Hall–Kier alpha value is 0.137. The van der Waals surface area contributed by atoms with Crippen LogP contribution in [0.3, 0.4) is 0 Å². The maximum Gasteiger partial charge on any atom is 0.331 e. The number of unbranched alkanes of at least 4 members (excludes halogenated alkanes) is 16. The minimum absolute atomic E-state index is 0.887. The van der Waals surface area contributed by atoms with Crippen LogP contribution in [0.4, 0.5) is 0 Å². The zero-order chi connectivity index (χ0) is 20.1. The van der Waals surface area contributed by atoms with Crippen LogP contribution in [-0.4, -0.2) is 21.8 Å². The highest BCUT2D eigenvalue weighted by Crippen LogP contribution is 2.14. The third-order valence-electron chi connectivity index (χ3n) is 5.40. The van der Waals surface area contributed by atoms with E-state index >= 15 is 0 Å². The molecule has 0 N–H and O–H groups in total. The number of hydrogen-bond acceptors (Lipinski definition) is 2. The smallest absolute Gasteiger partial charge is 0.331 e. The lowest BCUT2D eigenvalue weighted by atomic mass is 10.0. The van der Waals surface area contributed by atoms with Gasteiger partial charge in [-0.1, -0.05) is 117 Å². The van der Waals surface area contributed by atoms with E-state index in [9.17, 15) is 0 Å². The quantitative estimate of drug-likeness (QED) is 0.133. The van der Waals surface area contributed by atoms with E-state index in [4.69, 9.17) is 8.85 Å². The highest BCUT2D eigenvalue weighted by atomic mass is 28.4. The van der Waals surface area contributed by atoms with Gasteiger partial charge in [-0.05, 0) is 25.9 Å². The average Bonchev–Trinajstić information content (AvgIpc) is 2.64. The Kier molecular flexibility index (Phi) is 21.0. The summed E-state index contributed by atoms with van der Waals surface area (Å²) in [5.41, 5.74) is 0. The monoisotopic (exact) mass is 400 g/mol. The highest BCUT2D eigenvalue weighted by molar-refractivity contribution is 6.64.